The van der Waals surface area contributed by atoms with Crippen molar-refractivity contribution in [3.05, 3.63) is 72.4 Å². The third-order valence-corrected chi connectivity index (χ3v) is 3.58. The Kier molecular flexibility index (Phi) is 4.72. The molecule has 1 aromatic heterocycles. The SMILES string of the molecule is CC(O)CNC(=O)c1cn(-c2ccccc2)nc1-c1ccccc1. The van der Waals surface area contributed by atoms with Gasteiger partial charge in [-0.15, -0.1) is 0 Å². The van der Waals surface area contributed by atoms with Gasteiger partial charge in [0.1, 0.15) is 5.69 Å². The van der Waals surface area contributed by atoms with Crippen molar-refractivity contribution < 1.29 is 9.90 Å². The molecule has 2 aromatic carbocycles. The van der Waals surface area contributed by atoms with Gasteiger partial charge in [-0.1, -0.05) is 48.5 Å². The van der Waals surface area contributed by atoms with Gasteiger partial charge in [0.05, 0.1) is 17.4 Å². The smallest absolute Gasteiger partial charge is 0.255 e. The summed E-state index contributed by atoms with van der Waals surface area (Å²) >= 11 is 0. The molecule has 0 saturated heterocycles. The first-order valence-corrected chi connectivity index (χ1v) is 7.82. The largest absolute Gasteiger partial charge is 0.392 e. The minimum atomic E-state index is -0.599. The highest BCUT2D eigenvalue weighted by atomic mass is 16.3. The van der Waals surface area contributed by atoms with E-state index in [-0.39, 0.29) is 12.5 Å². The number of carbonyl (C=O) groups excluding carboxylic acids is 1. The zero-order valence-corrected chi connectivity index (χ0v) is 13.4. The fourth-order valence-corrected chi connectivity index (χ4v) is 2.40. The first kappa shape index (κ1) is 16.0. The molecule has 5 heteroatoms. The maximum absolute atomic E-state index is 12.5. The van der Waals surface area contributed by atoms with E-state index in [2.05, 4.69) is 10.4 Å². The second-order valence-corrected chi connectivity index (χ2v) is 5.60. The number of benzene rings is 2. The van der Waals surface area contributed by atoms with Crippen molar-refractivity contribution in [2.75, 3.05) is 6.54 Å². The zero-order valence-electron chi connectivity index (χ0n) is 13.4. The molecule has 0 aliphatic carbocycles. The summed E-state index contributed by atoms with van der Waals surface area (Å²) in [6.07, 6.45) is 1.12. The number of nitrogens with zero attached hydrogens (tertiary/aromatic N) is 2. The van der Waals surface area contributed by atoms with Crippen LogP contribution in [0.15, 0.2) is 66.9 Å². The summed E-state index contributed by atoms with van der Waals surface area (Å²) in [5.74, 6) is -0.253. The minimum absolute atomic E-state index is 0.198. The minimum Gasteiger partial charge on any atom is -0.392 e. The van der Waals surface area contributed by atoms with Crippen molar-refractivity contribution in [3.8, 4) is 16.9 Å². The van der Waals surface area contributed by atoms with Crippen LogP contribution >= 0.6 is 0 Å². The molecule has 0 aliphatic rings. The van der Waals surface area contributed by atoms with Gasteiger partial charge in [0.15, 0.2) is 0 Å². The summed E-state index contributed by atoms with van der Waals surface area (Å²) < 4.78 is 1.69. The van der Waals surface area contributed by atoms with Crippen LogP contribution in [0.2, 0.25) is 0 Å². The number of aliphatic hydroxyl groups is 1. The molecule has 2 N–H and O–H groups in total. The third-order valence-electron chi connectivity index (χ3n) is 3.58. The average molecular weight is 321 g/mol. The van der Waals surface area contributed by atoms with Crippen molar-refractivity contribution in [2.45, 2.75) is 13.0 Å². The highest BCUT2D eigenvalue weighted by molar-refractivity contribution is 5.99. The van der Waals surface area contributed by atoms with E-state index < -0.39 is 6.10 Å². The summed E-state index contributed by atoms with van der Waals surface area (Å²) in [5.41, 5.74) is 2.84. The molecule has 0 saturated carbocycles. The van der Waals surface area contributed by atoms with Crippen LogP contribution in [0, 0.1) is 0 Å². The molecule has 3 aromatic rings. The Labute approximate surface area is 140 Å². The van der Waals surface area contributed by atoms with Gasteiger partial charge in [-0.25, -0.2) is 4.68 Å². The van der Waals surface area contributed by atoms with Crippen molar-refractivity contribution in [1.29, 1.82) is 0 Å². The van der Waals surface area contributed by atoms with Crippen LogP contribution in [-0.2, 0) is 0 Å². The van der Waals surface area contributed by atoms with Crippen LogP contribution in [0.3, 0.4) is 0 Å². The van der Waals surface area contributed by atoms with Gasteiger partial charge in [-0.3, -0.25) is 4.79 Å². The normalized spacial score (nSPS) is 11.9. The number of aromatic nitrogens is 2. The lowest BCUT2D eigenvalue weighted by molar-refractivity contribution is 0.0924. The van der Waals surface area contributed by atoms with Gasteiger partial charge in [0.25, 0.3) is 5.91 Å². The fraction of sp³-hybridized carbons (Fsp3) is 0.158. The van der Waals surface area contributed by atoms with E-state index in [1.807, 2.05) is 60.7 Å². The number of carbonyl (C=O) groups is 1. The molecule has 0 radical (unpaired) electrons. The summed E-state index contributed by atoms with van der Waals surface area (Å²) in [7, 11) is 0. The van der Waals surface area contributed by atoms with Gasteiger partial charge in [-0.05, 0) is 19.1 Å². The first-order valence-electron chi connectivity index (χ1n) is 7.82. The van der Waals surface area contributed by atoms with Crippen molar-refractivity contribution in [3.63, 3.8) is 0 Å². The number of aliphatic hydroxyl groups excluding tert-OH is 1. The number of amides is 1. The molecule has 122 valence electrons. The molecule has 3 rings (SSSR count). The predicted octanol–water partition coefficient (Wildman–Crippen LogP) is 2.65. The highest BCUT2D eigenvalue weighted by Crippen LogP contribution is 2.23. The molecule has 0 fully saturated rings. The molecule has 5 nitrogen and oxygen atoms in total. The maximum atomic E-state index is 12.5. The van der Waals surface area contributed by atoms with Crippen LogP contribution in [0.25, 0.3) is 16.9 Å². The van der Waals surface area contributed by atoms with Crippen molar-refractivity contribution in [2.24, 2.45) is 0 Å². The van der Waals surface area contributed by atoms with Gasteiger partial charge in [0, 0.05) is 18.3 Å². The molecular weight excluding hydrogens is 302 g/mol. The second kappa shape index (κ2) is 7.10. The van der Waals surface area contributed by atoms with Crippen molar-refractivity contribution in [1.82, 2.24) is 15.1 Å². The molecular formula is C19H19N3O2. The Hall–Kier alpha value is -2.92. The third kappa shape index (κ3) is 3.52. The molecule has 1 heterocycles. The molecule has 0 spiro atoms. The first-order chi connectivity index (χ1) is 11.6. The van der Waals surface area contributed by atoms with Crippen LogP contribution < -0.4 is 5.32 Å². The van der Waals surface area contributed by atoms with E-state index in [1.54, 1.807) is 17.8 Å². The molecule has 1 atom stereocenters. The lowest BCUT2D eigenvalue weighted by atomic mass is 10.1. The van der Waals surface area contributed by atoms with E-state index in [1.165, 1.54) is 0 Å². The lowest BCUT2D eigenvalue weighted by Gasteiger charge is -2.07. The van der Waals surface area contributed by atoms with Gasteiger partial charge in [0.2, 0.25) is 0 Å². The Bertz CT molecular complexity index is 811. The Morgan fingerprint density at radius 2 is 1.75 bits per heavy atom. The predicted molar refractivity (Wildman–Crippen MR) is 93.0 cm³/mol. The topological polar surface area (TPSA) is 67.2 Å². The monoisotopic (exact) mass is 321 g/mol. The highest BCUT2D eigenvalue weighted by Gasteiger charge is 2.18. The number of rotatable bonds is 5. The zero-order chi connectivity index (χ0) is 16.9. The van der Waals surface area contributed by atoms with Crippen molar-refractivity contribution >= 4 is 5.91 Å². The Morgan fingerprint density at radius 1 is 1.12 bits per heavy atom. The number of hydrogen-bond donors (Lipinski definition) is 2. The van der Waals surface area contributed by atoms with Gasteiger partial charge < -0.3 is 10.4 Å². The van der Waals surface area contributed by atoms with E-state index in [0.29, 0.717) is 11.3 Å². The molecule has 24 heavy (non-hydrogen) atoms. The van der Waals surface area contributed by atoms with Gasteiger partial charge >= 0.3 is 0 Å². The van der Waals surface area contributed by atoms with Crippen LogP contribution in [0.4, 0.5) is 0 Å². The maximum Gasteiger partial charge on any atom is 0.255 e. The van der Waals surface area contributed by atoms with Crippen LogP contribution in [0.5, 0.6) is 0 Å². The molecule has 0 aliphatic heterocycles. The quantitative estimate of drug-likeness (QED) is 0.759. The molecule has 0 bridgehead atoms. The van der Waals surface area contributed by atoms with E-state index in [9.17, 15) is 9.90 Å². The summed E-state index contributed by atoms with van der Waals surface area (Å²) in [4.78, 5) is 12.5. The number of para-hydroxylation sites is 1. The van der Waals surface area contributed by atoms with E-state index >= 15 is 0 Å². The van der Waals surface area contributed by atoms with E-state index in [0.717, 1.165) is 11.3 Å². The Balaban J connectivity index is 2.02. The molecule has 1 unspecified atom stereocenters. The molecule has 1 amide bonds. The number of hydrogen-bond acceptors (Lipinski definition) is 3. The number of nitrogens with one attached hydrogen (secondary N) is 1. The lowest BCUT2D eigenvalue weighted by Crippen LogP contribution is -2.30. The Morgan fingerprint density at radius 3 is 2.38 bits per heavy atom. The van der Waals surface area contributed by atoms with Crippen LogP contribution in [-0.4, -0.2) is 33.4 Å². The summed E-state index contributed by atoms with van der Waals surface area (Å²) in [6.45, 7) is 1.83. The standard InChI is InChI=1S/C19H19N3O2/c1-14(23)12-20-19(24)17-13-22(16-10-6-3-7-11-16)21-18(17)15-8-4-2-5-9-15/h2-11,13-14,23H,12H2,1H3,(H,20,24). The van der Waals surface area contributed by atoms with Crippen LogP contribution in [0.1, 0.15) is 17.3 Å². The fourth-order valence-electron chi connectivity index (χ4n) is 2.40. The average Bonchev–Trinajstić information content (AvgIpc) is 3.06. The second-order valence-electron chi connectivity index (χ2n) is 5.60. The summed E-state index contributed by atoms with van der Waals surface area (Å²) in [6, 6.07) is 19.2. The van der Waals surface area contributed by atoms with E-state index in [4.69, 9.17) is 0 Å². The summed E-state index contributed by atoms with van der Waals surface area (Å²) in [5, 5.41) is 16.7. The van der Waals surface area contributed by atoms with Gasteiger partial charge in [-0.2, -0.15) is 5.10 Å².